The summed E-state index contributed by atoms with van der Waals surface area (Å²) in [5.41, 5.74) is 1.54. The number of ether oxygens (including phenoxy) is 1. The van der Waals surface area contributed by atoms with Crippen molar-refractivity contribution >= 4 is 44.3 Å². The normalized spacial score (nSPS) is 17.2. The molecule has 2 aliphatic rings. The summed E-state index contributed by atoms with van der Waals surface area (Å²) in [5, 5.41) is 13.8. The Morgan fingerprint density at radius 1 is 1.12 bits per heavy atom. The summed E-state index contributed by atoms with van der Waals surface area (Å²) in [7, 11) is 0. The monoisotopic (exact) mass is 507 g/mol. The average Bonchev–Trinajstić information content (AvgIpc) is 2.88. The van der Waals surface area contributed by atoms with Crippen molar-refractivity contribution in [2.75, 3.05) is 61.1 Å². The highest BCUT2D eigenvalue weighted by Gasteiger charge is 2.24. The summed E-state index contributed by atoms with van der Waals surface area (Å²) >= 11 is 3.37. The van der Waals surface area contributed by atoms with E-state index in [2.05, 4.69) is 59.2 Å². The molecule has 0 bridgehead atoms. The van der Waals surface area contributed by atoms with Crippen LogP contribution in [0.2, 0.25) is 0 Å². The van der Waals surface area contributed by atoms with Gasteiger partial charge in [0.1, 0.15) is 23.5 Å². The number of anilines is 3. The van der Waals surface area contributed by atoms with Gasteiger partial charge in [-0.25, -0.2) is 9.97 Å². The fraction of sp³-hybridized carbons (Fsp3) is 0.417. The number of nitrogens with zero attached hydrogens (tertiary/aromatic N) is 6. The Hall–Kier alpha value is -2.96. The molecule has 1 N–H and O–H groups in total. The number of piperidine rings is 1. The highest BCUT2D eigenvalue weighted by Crippen LogP contribution is 2.31. The molecule has 0 saturated carbocycles. The SMILES string of the molecule is N#Cc1cc(Br)cnc1NCC1CCN(c2nc(N3CCOCC3)cc3ncccc23)CC1. The van der Waals surface area contributed by atoms with Gasteiger partial charge in [0.25, 0.3) is 0 Å². The van der Waals surface area contributed by atoms with Crippen LogP contribution in [0.1, 0.15) is 18.4 Å². The third-order valence-electron chi connectivity index (χ3n) is 6.35. The second kappa shape index (κ2) is 9.89. The van der Waals surface area contributed by atoms with Crippen LogP contribution in [0.4, 0.5) is 17.5 Å². The topological polar surface area (TPSA) is 90.2 Å². The summed E-state index contributed by atoms with van der Waals surface area (Å²) in [6, 6.07) is 10.2. The van der Waals surface area contributed by atoms with Gasteiger partial charge in [0.2, 0.25) is 0 Å². The minimum Gasteiger partial charge on any atom is -0.378 e. The molecule has 170 valence electrons. The maximum absolute atomic E-state index is 9.36. The van der Waals surface area contributed by atoms with Crippen LogP contribution in [0.15, 0.2) is 41.1 Å². The molecule has 0 amide bonds. The van der Waals surface area contributed by atoms with E-state index in [-0.39, 0.29) is 0 Å². The Bertz CT molecular complexity index is 1170. The smallest absolute Gasteiger partial charge is 0.143 e. The zero-order valence-electron chi connectivity index (χ0n) is 18.4. The average molecular weight is 508 g/mol. The van der Waals surface area contributed by atoms with Crippen LogP contribution in [-0.4, -0.2) is 60.9 Å². The van der Waals surface area contributed by atoms with Gasteiger partial charge < -0.3 is 19.9 Å². The molecule has 0 unspecified atom stereocenters. The Labute approximate surface area is 201 Å². The summed E-state index contributed by atoms with van der Waals surface area (Å²) in [4.78, 5) is 18.8. The Morgan fingerprint density at radius 3 is 2.73 bits per heavy atom. The predicted molar refractivity (Wildman–Crippen MR) is 133 cm³/mol. The zero-order valence-corrected chi connectivity index (χ0v) is 20.0. The van der Waals surface area contributed by atoms with Crippen molar-refractivity contribution in [1.82, 2.24) is 15.0 Å². The number of fused-ring (bicyclic) bond motifs is 1. The molecule has 0 spiro atoms. The lowest BCUT2D eigenvalue weighted by Crippen LogP contribution is -2.38. The van der Waals surface area contributed by atoms with Crippen LogP contribution in [0, 0.1) is 17.2 Å². The van der Waals surface area contributed by atoms with E-state index in [4.69, 9.17) is 9.72 Å². The van der Waals surface area contributed by atoms with Crippen molar-refractivity contribution in [1.29, 1.82) is 5.26 Å². The molecule has 8 nitrogen and oxygen atoms in total. The lowest BCUT2D eigenvalue weighted by Gasteiger charge is -2.35. The number of halogens is 1. The first-order chi connectivity index (χ1) is 16.2. The Balaban J connectivity index is 1.29. The van der Waals surface area contributed by atoms with E-state index in [0.717, 1.165) is 85.8 Å². The van der Waals surface area contributed by atoms with Gasteiger partial charge in [-0.1, -0.05) is 0 Å². The van der Waals surface area contributed by atoms with Crippen LogP contribution >= 0.6 is 15.9 Å². The molecular formula is C24H26BrN7O. The fourth-order valence-corrected chi connectivity index (χ4v) is 4.83. The van der Waals surface area contributed by atoms with Crippen LogP contribution in [0.25, 0.3) is 10.9 Å². The summed E-state index contributed by atoms with van der Waals surface area (Å²) in [5.74, 6) is 3.17. The minimum absolute atomic E-state index is 0.519. The van der Waals surface area contributed by atoms with Crippen molar-refractivity contribution in [3.05, 3.63) is 46.7 Å². The number of nitrogens with one attached hydrogen (secondary N) is 1. The molecule has 0 aromatic carbocycles. The highest BCUT2D eigenvalue weighted by atomic mass is 79.9. The van der Waals surface area contributed by atoms with Gasteiger partial charge in [0.15, 0.2) is 0 Å². The van der Waals surface area contributed by atoms with Crippen LogP contribution < -0.4 is 15.1 Å². The van der Waals surface area contributed by atoms with Gasteiger partial charge in [-0.2, -0.15) is 5.26 Å². The van der Waals surface area contributed by atoms with E-state index >= 15 is 0 Å². The first-order valence-electron chi connectivity index (χ1n) is 11.3. The number of hydrogen-bond acceptors (Lipinski definition) is 8. The molecular weight excluding hydrogens is 482 g/mol. The van der Waals surface area contributed by atoms with E-state index in [1.165, 1.54) is 0 Å². The zero-order chi connectivity index (χ0) is 22.6. The third-order valence-corrected chi connectivity index (χ3v) is 6.78. The van der Waals surface area contributed by atoms with Crippen LogP contribution in [0.5, 0.6) is 0 Å². The van der Waals surface area contributed by atoms with E-state index < -0.39 is 0 Å². The number of morpholine rings is 1. The van der Waals surface area contributed by atoms with Gasteiger partial charge in [-0.05, 0) is 52.9 Å². The molecule has 0 aliphatic carbocycles. The second-order valence-corrected chi connectivity index (χ2v) is 9.36. The first-order valence-corrected chi connectivity index (χ1v) is 12.1. The molecule has 5 heterocycles. The number of aromatic nitrogens is 3. The largest absolute Gasteiger partial charge is 0.378 e. The number of pyridine rings is 3. The minimum atomic E-state index is 0.519. The molecule has 3 aromatic heterocycles. The van der Waals surface area contributed by atoms with Gasteiger partial charge in [0, 0.05) is 61.0 Å². The molecule has 2 saturated heterocycles. The quantitative estimate of drug-likeness (QED) is 0.557. The number of rotatable bonds is 5. The molecule has 33 heavy (non-hydrogen) atoms. The fourth-order valence-electron chi connectivity index (χ4n) is 4.50. The molecule has 0 radical (unpaired) electrons. The molecule has 9 heteroatoms. The second-order valence-electron chi connectivity index (χ2n) is 8.45. The maximum atomic E-state index is 9.36. The molecule has 3 aromatic rings. The van der Waals surface area contributed by atoms with Crippen molar-refractivity contribution in [2.45, 2.75) is 12.8 Å². The van der Waals surface area contributed by atoms with Crippen molar-refractivity contribution in [3.8, 4) is 6.07 Å². The van der Waals surface area contributed by atoms with Crippen molar-refractivity contribution in [3.63, 3.8) is 0 Å². The van der Waals surface area contributed by atoms with Gasteiger partial charge in [0.05, 0.1) is 24.3 Å². The summed E-state index contributed by atoms with van der Waals surface area (Å²) in [6.45, 7) is 5.86. The van der Waals surface area contributed by atoms with Crippen LogP contribution in [-0.2, 0) is 4.74 Å². The van der Waals surface area contributed by atoms with E-state index in [1.807, 2.05) is 12.3 Å². The van der Waals surface area contributed by atoms with Gasteiger partial charge in [-0.3, -0.25) is 4.98 Å². The predicted octanol–water partition coefficient (Wildman–Crippen LogP) is 3.82. The van der Waals surface area contributed by atoms with Gasteiger partial charge >= 0.3 is 0 Å². The highest BCUT2D eigenvalue weighted by molar-refractivity contribution is 9.10. The number of hydrogen-bond donors (Lipinski definition) is 1. The Kier molecular flexibility index (Phi) is 6.55. The van der Waals surface area contributed by atoms with E-state index in [0.29, 0.717) is 17.3 Å². The number of nitriles is 1. The molecule has 5 rings (SSSR count). The maximum Gasteiger partial charge on any atom is 0.143 e. The van der Waals surface area contributed by atoms with Crippen molar-refractivity contribution in [2.24, 2.45) is 5.92 Å². The van der Waals surface area contributed by atoms with E-state index in [1.54, 1.807) is 12.3 Å². The summed E-state index contributed by atoms with van der Waals surface area (Å²) < 4.78 is 6.33. The molecule has 2 aliphatic heterocycles. The summed E-state index contributed by atoms with van der Waals surface area (Å²) in [6.07, 6.45) is 5.67. The standard InChI is InChI=1S/C24H26BrN7O/c25-19-12-18(14-26)23(29-16-19)28-15-17-3-6-32(7-4-17)24-20-2-1-5-27-21(20)13-22(30-24)31-8-10-33-11-9-31/h1-2,5,12-13,16-17H,3-4,6-11,15H2,(H,28,29). The van der Waals surface area contributed by atoms with Crippen LogP contribution in [0.3, 0.4) is 0 Å². The van der Waals surface area contributed by atoms with E-state index in [9.17, 15) is 5.26 Å². The lowest BCUT2D eigenvalue weighted by atomic mass is 9.96. The van der Waals surface area contributed by atoms with Gasteiger partial charge in [-0.15, -0.1) is 0 Å². The Morgan fingerprint density at radius 2 is 1.94 bits per heavy atom. The third kappa shape index (κ3) is 4.87. The first kappa shape index (κ1) is 21.9. The molecule has 2 fully saturated rings. The molecule has 0 atom stereocenters. The lowest BCUT2D eigenvalue weighted by molar-refractivity contribution is 0.122. The van der Waals surface area contributed by atoms with Crippen molar-refractivity contribution < 1.29 is 4.74 Å².